The van der Waals surface area contributed by atoms with Crippen LogP contribution >= 0.6 is 0 Å². The summed E-state index contributed by atoms with van der Waals surface area (Å²) in [5.41, 5.74) is 21.8. The minimum absolute atomic E-state index is 0.0949. The fraction of sp³-hybridized carbons (Fsp3) is 1.00. The molecule has 1 unspecified atom stereocenters. The van der Waals surface area contributed by atoms with E-state index in [4.69, 9.17) is 22.9 Å². The molecular formula is C6H18N4. The molecular weight excluding hydrogens is 128 g/mol. The predicted molar refractivity (Wildman–Crippen MR) is 43.2 cm³/mol. The van der Waals surface area contributed by atoms with Gasteiger partial charge in [-0.1, -0.05) is 6.92 Å². The predicted octanol–water partition coefficient (Wildman–Crippen LogP) is -1.80. The maximum atomic E-state index is 5.69. The third-order valence-corrected chi connectivity index (χ3v) is 2.08. The molecule has 0 saturated carbocycles. The van der Waals surface area contributed by atoms with Crippen LogP contribution in [0, 0.1) is 5.41 Å². The van der Waals surface area contributed by atoms with Crippen LogP contribution in [0.1, 0.15) is 6.92 Å². The van der Waals surface area contributed by atoms with Crippen LogP contribution in [0.25, 0.3) is 0 Å². The number of hydrogen-bond donors (Lipinski definition) is 4. The maximum Gasteiger partial charge on any atom is 0.0242 e. The molecule has 0 saturated heterocycles. The minimum atomic E-state index is -0.200. The zero-order valence-corrected chi connectivity index (χ0v) is 6.51. The van der Waals surface area contributed by atoms with Crippen LogP contribution < -0.4 is 22.9 Å². The monoisotopic (exact) mass is 146 g/mol. The Kier molecular flexibility index (Phi) is 3.81. The zero-order valence-electron chi connectivity index (χ0n) is 6.51. The Labute approximate surface area is 61.9 Å². The minimum Gasteiger partial charge on any atom is -0.330 e. The van der Waals surface area contributed by atoms with Gasteiger partial charge in [0, 0.05) is 31.1 Å². The van der Waals surface area contributed by atoms with E-state index >= 15 is 0 Å². The van der Waals surface area contributed by atoms with E-state index in [0.717, 1.165) is 0 Å². The number of rotatable bonds is 4. The molecule has 0 aliphatic carbocycles. The lowest BCUT2D eigenvalue weighted by atomic mass is 9.83. The highest BCUT2D eigenvalue weighted by Crippen LogP contribution is 2.14. The van der Waals surface area contributed by atoms with Gasteiger partial charge >= 0.3 is 0 Å². The van der Waals surface area contributed by atoms with Crippen molar-refractivity contribution in [2.24, 2.45) is 28.3 Å². The van der Waals surface area contributed by atoms with Crippen LogP contribution in [0.2, 0.25) is 0 Å². The van der Waals surface area contributed by atoms with Gasteiger partial charge in [0.05, 0.1) is 0 Å². The third kappa shape index (κ3) is 1.91. The van der Waals surface area contributed by atoms with Crippen LogP contribution in [0.4, 0.5) is 0 Å². The normalized spacial score (nSPS) is 15.3. The molecule has 0 amide bonds. The van der Waals surface area contributed by atoms with Gasteiger partial charge in [0.25, 0.3) is 0 Å². The Balaban J connectivity index is 4.02. The van der Waals surface area contributed by atoms with Crippen molar-refractivity contribution in [1.82, 2.24) is 0 Å². The molecule has 0 aromatic carbocycles. The molecule has 0 aromatic rings. The zero-order chi connectivity index (χ0) is 8.20. The SMILES string of the molecule is CC(CN)(CN)C(N)CN. The van der Waals surface area contributed by atoms with Gasteiger partial charge in [0.1, 0.15) is 0 Å². The summed E-state index contributed by atoms with van der Waals surface area (Å²) in [4.78, 5) is 0. The van der Waals surface area contributed by atoms with Crippen molar-refractivity contribution in [2.45, 2.75) is 13.0 Å². The average Bonchev–Trinajstić information content (AvgIpc) is 2.01. The number of hydrogen-bond acceptors (Lipinski definition) is 4. The Bertz CT molecular complexity index is 89.7. The summed E-state index contributed by atoms with van der Waals surface area (Å²) in [5.74, 6) is 0. The van der Waals surface area contributed by atoms with Gasteiger partial charge in [-0.2, -0.15) is 0 Å². The van der Waals surface area contributed by atoms with Crippen molar-refractivity contribution in [2.75, 3.05) is 19.6 Å². The second-order valence-electron chi connectivity index (χ2n) is 2.90. The van der Waals surface area contributed by atoms with Crippen LogP contribution in [-0.4, -0.2) is 25.7 Å². The lowest BCUT2D eigenvalue weighted by Crippen LogP contribution is -2.53. The first-order valence-corrected chi connectivity index (χ1v) is 3.46. The smallest absolute Gasteiger partial charge is 0.0242 e. The summed E-state index contributed by atoms with van der Waals surface area (Å²) in [6.07, 6.45) is 0. The Morgan fingerprint density at radius 2 is 1.60 bits per heavy atom. The highest BCUT2D eigenvalue weighted by atomic mass is 14.8. The van der Waals surface area contributed by atoms with Gasteiger partial charge in [0.15, 0.2) is 0 Å². The van der Waals surface area contributed by atoms with E-state index in [1.54, 1.807) is 0 Å². The summed E-state index contributed by atoms with van der Waals surface area (Å²) in [6, 6.07) is -0.0949. The molecule has 0 heterocycles. The van der Waals surface area contributed by atoms with E-state index in [1.165, 1.54) is 0 Å². The van der Waals surface area contributed by atoms with Crippen LogP contribution in [0.3, 0.4) is 0 Å². The molecule has 0 radical (unpaired) electrons. The van der Waals surface area contributed by atoms with Gasteiger partial charge in [-0.3, -0.25) is 0 Å². The van der Waals surface area contributed by atoms with Crippen molar-refractivity contribution in [3.05, 3.63) is 0 Å². The second-order valence-corrected chi connectivity index (χ2v) is 2.90. The van der Waals surface area contributed by atoms with E-state index in [-0.39, 0.29) is 11.5 Å². The van der Waals surface area contributed by atoms with E-state index in [9.17, 15) is 0 Å². The summed E-state index contributed by atoms with van der Waals surface area (Å²) >= 11 is 0. The summed E-state index contributed by atoms with van der Waals surface area (Å²) < 4.78 is 0. The first kappa shape index (κ1) is 9.84. The second kappa shape index (κ2) is 3.88. The van der Waals surface area contributed by atoms with Crippen molar-refractivity contribution in [3.8, 4) is 0 Å². The lowest BCUT2D eigenvalue weighted by Gasteiger charge is -2.31. The molecule has 0 aliphatic rings. The highest BCUT2D eigenvalue weighted by molar-refractivity contribution is 4.87. The van der Waals surface area contributed by atoms with Crippen molar-refractivity contribution in [1.29, 1.82) is 0 Å². The number of nitrogens with two attached hydrogens (primary N) is 4. The topological polar surface area (TPSA) is 104 Å². The summed E-state index contributed by atoms with van der Waals surface area (Å²) in [7, 11) is 0. The Morgan fingerprint density at radius 3 is 1.70 bits per heavy atom. The lowest BCUT2D eigenvalue weighted by molar-refractivity contribution is 0.278. The maximum absolute atomic E-state index is 5.69. The van der Waals surface area contributed by atoms with E-state index in [1.807, 2.05) is 6.92 Å². The standard InChI is InChI=1S/C6H18N4/c1-6(3-8,4-9)5(10)2-7/h5H,2-4,7-10H2,1H3. The van der Waals surface area contributed by atoms with Crippen LogP contribution in [-0.2, 0) is 0 Å². The quantitative estimate of drug-likeness (QED) is 0.375. The fourth-order valence-electron chi connectivity index (χ4n) is 0.671. The van der Waals surface area contributed by atoms with Gasteiger partial charge in [-0.25, -0.2) is 0 Å². The summed E-state index contributed by atoms with van der Waals surface area (Å²) in [5, 5.41) is 0. The Hall–Kier alpha value is -0.160. The first-order chi connectivity index (χ1) is 4.60. The van der Waals surface area contributed by atoms with Gasteiger partial charge < -0.3 is 22.9 Å². The molecule has 0 spiro atoms. The molecule has 1 atom stereocenters. The molecule has 62 valence electrons. The molecule has 0 bridgehead atoms. The molecule has 0 aliphatic heterocycles. The van der Waals surface area contributed by atoms with Crippen molar-refractivity contribution in [3.63, 3.8) is 0 Å². The molecule has 4 heteroatoms. The van der Waals surface area contributed by atoms with Crippen LogP contribution in [0.5, 0.6) is 0 Å². The van der Waals surface area contributed by atoms with Crippen molar-refractivity contribution >= 4 is 0 Å². The molecule has 0 rings (SSSR count). The molecule has 10 heavy (non-hydrogen) atoms. The van der Waals surface area contributed by atoms with E-state index in [2.05, 4.69) is 0 Å². The molecule has 8 N–H and O–H groups in total. The summed E-state index contributed by atoms with van der Waals surface area (Å²) in [6.45, 7) is 3.36. The van der Waals surface area contributed by atoms with Gasteiger partial charge in [0.2, 0.25) is 0 Å². The van der Waals surface area contributed by atoms with Gasteiger partial charge in [-0.15, -0.1) is 0 Å². The average molecular weight is 146 g/mol. The van der Waals surface area contributed by atoms with E-state index < -0.39 is 0 Å². The Morgan fingerprint density at radius 1 is 1.20 bits per heavy atom. The van der Waals surface area contributed by atoms with Crippen LogP contribution in [0.15, 0.2) is 0 Å². The fourth-order valence-corrected chi connectivity index (χ4v) is 0.671. The highest BCUT2D eigenvalue weighted by Gasteiger charge is 2.27. The molecule has 0 fully saturated rings. The molecule has 0 aromatic heterocycles. The third-order valence-electron chi connectivity index (χ3n) is 2.08. The van der Waals surface area contributed by atoms with Crippen molar-refractivity contribution < 1.29 is 0 Å². The first-order valence-electron chi connectivity index (χ1n) is 3.46. The van der Waals surface area contributed by atoms with Gasteiger partial charge in [-0.05, 0) is 0 Å². The molecule has 4 nitrogen and oxygen atoms in total. The largest absolute Gasteiger partial charge is 0.330 e. The van der Waals surface area contributed by atoms with E-state index in [0.29, 0.717) is 19.6 Å².